The van der Waals surface area contributed by atoms with E-state index in [-0.39, 0.29) is 6.04 Å². The minimum Gasteiger partial charge on any atom is -0.323 e. The third-order valence-corrected chi connectivity index (χ3v) is 5.29. The maximum atomic E-state index is 6.39. The minimum absolute atomic E-state index is 0.256. The summed E-state index contributed by atoms with van der Waals surface area (Å²) in [5.41, 5.74) is 7.98. The maximum Gasteiger partial charge on any atom is 0.0415 e. The zero-order valence-corrected chi connectivity index (χ0v) is 12.0. The Morgan fingerprint density at radius 1 is 1.29 bits per heavy atom. The Kier molecular flexibility index (Phi) is 4.63. The van der Waals surface area contributed by atoms with Gasteiger partial charge in [-0.2, -0.15) is 0 Å². The van der Waals surface area contributed by atoms with Gasteiger partial charge in [0.25, 0.3) is 0 Å². The average Bonchev–Trinajstić information content (AvgIpc) is 2.60. The van der Waals surface area contributed by atoms with Crippen LogP contribution in [0.15, 0.2) is 6.07 Å². The fourth-order valence-electron chi connectivity index (χ4n) is 2.77. The Bertz CT molecular complexity index is 332. The summed E-state index contributed by atoms with van der Waals surface area (Å²) in [4.78, 5) is 3.05. The Labute approximate surface area is 109 Å². The number of aryl methyl sites for hydroxylation is 2. The summed E-state index contributed by atoms with van der Waals surface area (Å²) in [7, 11) is 0. The highest BCUT2D eigenvalue weighted by Gasteiger charge is 2.19. The van der Waals surface area contributed by atoms with Gasteiger partial charge in [-0.25, -0.2) is 0 Å². The molecule has 0 aliphatic heterocycles. The van der Waals surface area contributed by atoms with Crippen LogP contribution in [0.4, 0.5) is 0 Å². The van der Waals surface area contributed by atoms with E-state index in [4.69, 9.17) is 5.73 Å². The summed E-state index contributed by atoms with van der Waals surface area (Å²) >= 11 is 1.99. The SMILES string of the molecule is CCCC(C)C(N)c1cc2c(s1)CCCCC2. The summed E-state index contributed by atoms with van der Waals surface area (Å²) in [5.74, 6) is 0.613. The molecule has 0 aromatic carbocycles. The lowest BCUT2D eigenvalue weighted by molar-refractivity contribution is 0.438. The predicted octanol–water partition coefficient (Wildman–Crippen LogP) is 4.45. The zero-order valence-electron chi connectivity index (χ0n) is 11.2. The molecule has 0 spiro atoms. The second-order valence-electron chi connectivity index (χ2n) is 5.45. The van der Waals surface area contributed by atoms with Crippen LogP contribution in [-0.2, 0) is 12.8 Å². The lowest BCUT2D eigenvalue weighted by Gasteiger charge is -2.17. The zero-order chi connectivity index (χ0) is 12.3. The normalized spacial score (nSPS) is 19.5. The van der Waals surface area contributed by atoms with Gasteiger partial charge in [-0.1, -0.05) is 26.7 Å². The molecule has 1 heterocycles. The summed E-state index contributed by atoms with van der Waals surface area (Å²) in [6.45, 7) is 4.53. The first-order valence-corrected chi connectivity index (χ1v) is 7.91. The standard InChI is InChI=1S/C15H25NS/c1-3-7-11(2)15(16)14-10-12-8-5-4-6-9-13(12)17-14/h10-11,15H,3-9,16H2,1-2H3. The summed E-state index contributed by atoms with van der Waals surface area (Å²) < 4.78 is 0. The number of fused-ring (bicyclic) bond motifs is 1. The second-order valence-corrected chi connectivity index (χ2v) is 6.62. The van der Waals surface area contributed by atoms with E-state index in [0.29, 0.717) is 5.92 Å². The van der Waals surface area contributed by atoms with Crippen LogP contribution in [0, 0.1) is 5.92 Å². The van der Waals surface area contributed by atoms with Gasteiger partial charge in [0.2, 0.25) is 0 Å². The molecule has 0 amide bonds. The summed E-state index contributed by atoms with van der Waals surface area (Å²) in [6.07, 6.45) is 9.17. The number of thiophene rings is 1. The molecular weight excluding hydrogens is 226 g/mol. The highest BCUT2D eigenvalue weighted by atomic mass is 32.1. The van der Waals surface area contributed by atoms with Crippen molar-refractivity contribution >= 4 is 11.3 Å². The molecular formula is C15H25NS. The Morgan fingerprint density at radius 3 is 2.82 bits per heavy atom. The van der Waals surface area contributed by atoms with Gasteiger partial charge in [-0.15, -0.1) is 11.3 Å². The molecule has 1 nitrogen and oxygen atoms in total. The van der Waals surface area contributed by atoms with Crippen LogP contribution in [-0.4, -0.2) is 0 Å². The molecule has 2 heteroatoms. The second kappa shape index (κ2) is 6.01. The van der Waals surface area contributed by atoms with Crippen LogP contribution in [0.5, 0.6) is 0 Å². The molecule has 96 valence electrons. The van der Waals surface area contributed by atoms with Crippen molar-refractivity contribution in [2.75, 3.05) is 0 Å². The van der Waals surface area contributed by atoms with Crippen molar-refractivity contribution in [1.29, 1.82) is 0 Å². The van der Waals surface area contributed by atoms with E-state index in [0.717, 1.165) is 0 Å². The van der Waals surface area contributed by atoms with E-state index in [1.165, 1.54) is 49.8 Å². The van der Waals surface area contributed by atoms with Crippen molar-refractivity contribution in [3.63, 3.8) is 0 Å². The Balaban J connectivity index is 2.11. The molecule has 2 rings (SSSR count). The largest absolute Gasteiger partial charge is 0.323 e. The fourth-order valence-corrected chi connectivity index (χ4v) is 4.16. The first-order chi connectivity index (χ1) is 8.22. The lowest BCUT2D eigenvalue weighted by atomic mass is 9.96. The minimum atomic E-state index is 0.256. The van der Waals surface area contributed by atoms with Crippen molar-refractivity contribution in [1.82, 2.24) is 0 Å². The molecule has 0 saturated heterocycles. The molecule has 1 aromatic heterocycles. The van der Waals surface area contributed by atoms with E-state index < -0.39 is 0 Å². The van der Waals surface area contributed by atoms with Crippen LogP contribution in [0.25, 0.3) is 0 Å². The third-order valence-electron chi connectivity index (χ3n) is 3.95. The molecule has 2 unspecified atom stereocenters. The molecule has 1 aromatic rings. The van der Waals surface area contributed by atoms with E-state index >= 15 is 0 Å². The quantitative estimate of drug-likeness (QED) is 0.786. The molecule has 2 N–H and O–H groups in total. The van der Waals surface area contributed by atoms with E-state index in [9.17, 15) is 0 Å². The number of hydrogen-bond donors (Lipinski definition) is 1. The van der Waals surface area contributed by atoms with Crippen molar-refractivity contribution in [2.45, 2.75) is 64.8 Å². The first-order valence-electron chi connectivity index (χ1n) is 7.09. The van der Waals surface area contributed by atoms with Crippen LogP contribution in [0.1, 0.15) is 67.3 Å². The number of hydrogen-bond acceptors (Lipinski definition) is 2. The van der Waals surface area contributed by atoms with E-state index in [1.807, 2.05) is 11.3 Å². The predicted molar refractivity (Wildman–Crippen MR) is 76.6 cm³/mol. The molecule has 17 heavy (non-hydrogen) atoms. The molecule has 1 aliphatic rings. The van der Waals surface area contributed by atoms with Crippen LogP contribution >= 0.6 is 11.3 Å². The van der Waals surface area contributed by atoms with Crippen molar-refractivity contribution in [2.24, 2.45) is 11.7 Å². The van der Waals surface area contributed by atoms with Gasteiger partial charge in [-0.05, 0) is 49.7 Å². The van der Waals surface area contributed by atoms with E-state index in [2.05, 4.69) is 19.9 Å². The molecule has 0 fully saturated rings. The maximum absolute atomic E-state index is 6.39. The Morgan fingerprint density at radius 2 is 2.06 bits per heavy atom. The van der Waals surface area contributed by atoms with Gasteiger partial charge < -0.3 is 5.73 Å². The van der Waals surface area contributed by atoms with Crippen molar-refractivity contribution < 1.29 is 0 Å². The van der Waals surface area contributed by atoms with Crippen LogP contribution in [0.2, 0.25) is 0 Å². The number of nitrogens with two attached hydrogens (primary N) is 1. The Hall–Kier alpha value is -0.340. The van der Waals surface area contributed by atoms with Gasteiger partial charge in [-0.3, -0.25) is 0 Å². The van der Waals surface area contributed by atoms with Gasteiger partial charge in [0.15, 0.2) is 0 Å². The van der Waals surface area contributed by atoms with Gasteiger partial charge in [0.1, 0.15) is 0 Å². The monoisotopic (exact) mass is 251 g/mol. The van der Waals surface area contributed by atoms with Crippen LogP contribution in [0.3, 0.4) is 0 Å². The fraction of sp³-hybridized carbons (Fsp3) is 0.733. The molecule has 0 radical (unpaired) electrons. The highest BCUT2D eigenvalue weighted by molar-refractivity contribution is 7.12. The smallest absolute Gasteiger partial charge is 0.0415 e. The summed E-state index contributed by atoms with van der Waals surface area (Å²) in [6, 6.07) is 2.66. The third kappa shape index (κ3) is 3.11. The first kappa shape index (κ1) is 13.1. The van der Waals surface area contributed by atoms with Gasteiger partial charge in [0.05, 0.1) is 0 Å². The molecule has 1 aliphatic carbocycles. The van der Waals surface area contributed by atoms with Crippen molar-refractivity contribution in [3.05, 3.63) is 21.4 Å². The average molecular weight is 251 g/mol. The number of rotatable bonds is 4. The summed E-state index contributed by atoms with van der Waals surface area (Å²) in [5, 5.41) is 0. The van der Waals surface area contributed by atoms with Gasteiger partial charge in [0, 0.05) is 15.8 Å². The van der Waals surface area contributed by atoms with Gasteiger partial charge >= 0.3 is 0 Å². The molecule has 0 bridgehead atoms. The van der Waals surface area contributed by atoms with Crippen LogP contribution < -0.4 is 5.73 Å². The lowest BCUT2D eigenvalue weighted by Crippen LogP contribution is -2.17. The highest BCUT2D eigenvalue weighted by Crippen LogP contribution is 2.34. The molecule has 0 saturated carbocycles. The van der Waals surface area contributed by atoms with E-state index in [1.54, 1.807) is 10.4 Å². The molecule has 2 atom stereocenters. The van der Waals surface area contributed by atoms with Crippen molar-refractivity contribution in [3.8, 4) is 0 Å². The topological polar surface area (TPSA) is 26.0 Å².